The number of aromatic nitrogens is 9. The number of hydrogen-bond donors (Lipinski definition) is 7. The van der Waals surface area contributed by atoms with Crippen molar-refractivity contribution in [2.45, 2.75) is 49.5 Å². The molecule has 3 aliphatic rings. The van der Waals surface area contributed by atoms with Crippen LogP contribution in [0.15, 0.2) is 17.4 Å². The van der Waals surface area contributed by atoms with Gasteiger partial charge >= 0.3 is 256 Å². The van der Waals surface area contributed by atoms with E-state index in [1.54, 1.807) is 0 Å². The van der Waals surface area contributed by atoms with Crippen LogP contribution in [0.2, 0.25) is 0 Å². The Balaban J connectivity index is 1.18. The van der Waals surface area contributed by atoms with Crippen molar-refractivity contribution in [2.75, 3.05) is 24.7 Å². The Bertz CT molecular complexity index is 1780. The van der Waals surface area contributed by atoms with Gasteiger partial charge in [0, 0.05) is 0 Å². The third-order valence-electron chi connectivity index (χ3n) is 7.15. The number of nitrogens with two attached hydrogens (primary N) is 2. The number of imidazole rings is 1. The van der Waals surface area contributed by atoms with Crippen LogP contribution in [0.3, 0.4) is 0 Å². The first kappa shape index (κ1) is 30.3. The van der Waals surface area contributed by atoms with E-state index in [1.807, 2.05) is 0 Å². The van der Waals surface area contributed by atoms with Crippen molar-refractivity contribution >= 4 is 72.9 Å². The van der Waals surface area contributed by atoms with Crippen LogP contribution in [0.25, 0.3) is 22.3 Å². The fourth-order valence-electron chi connectivity index (χ4n) is 5.26. The second-order valence-electron chi connectivity index (χ2n) is 10.1. The van der Waals surface area contributed by atoms with Crippen LogP contribution in [0.4, 0.5) is 16.2 Å². The van der Waals surface area contributed by atoms with Crippen molar-refractivity contribution in [2.24, 2.45) is 0 Å². The first-order valence-electron chi connectivity index (χ1n) is 12.9. The Labute approximate surface area is 256 Å². The van der Waals surface area contributed by atoms with Gasteiger partial charge in [-0.05, 0) is 0 Å². The number of nitrogen functional groups attached to an aromatic ring is 2. The number of hydrogen-bond acceptors (Lipinski definition) is 19. The number of rotatable bonds is 2. The molecule has 240 valence electrons. The number of nitrogens with zero attached hydrogens (tertiary/aromatic N) is 8. The van der Waals surface area contributed by atoms with Crippen LogP contribution in [0.5, 0.6) is 0 Å². The van der Waals surface area contributed by atoms with Gasteiger partial charge in [-0.25, -0.2) is 0 Å². The van der Waals surface area contributed by atoms with E-state index in [9.17, 15) is 14.6 Å². The predicted octanol–water partition coefficient (Wildman–Crippen LogP) is -0.477. The fourth-order valence-corrected chi connectivity index (χ4v) is 8.64. The molecule has 3 aliphatic heterocycles. The van der Waals surface area contributed by atoms with Gasteiger partial charge in [0.05, 0.1) is 0 Å². The number of alkyl halides is 1. The number of aromatic amines is 1. The molecule has 0 aliphatic carbocycles. The maximum absolute atomic E-state index is 16.0. The van der Waals surface area contributed by atoms with Crippen LogP contribution in [-0.4, -0.2) is 98.1 Å². The van der Waals surface area contributed by atoms with Crippen LogP contribution >= 0.6 is 38.8 Å². The van der Waals surface area contributed by atoms with Gasteiger partial charge in [-0.2, -0.15) is 0 Å². The summed E-state index contributed by atoms with van der Waals surface area (Å²) in [5.41, 5.74) is 11.3. The molecule has 4 aromatic rings. The summed E-state index contributed by atoms with van der Waals surface area (Å²) in [5.74, 6) is -0.130. The number of halogens is 1. The molecule has 4 aromatic heterocycles. The topological polar surface area (TPSA) is 268 Å². The van der Waals surface area contributed by atoms with Crippen molar-refractivity contribution in [3.8, 4) is 0 Å². The third kappa shape index (κ3) is 5.50. The number of anilines is 2. The Morgan fingerprint density at radius 2 is 1.77 bits per heavy atom. The maximum atomic E-state index is 16.0. The molecule has 44 heavy (non-hydrogen) atoms. The molecule has 7 rings (SSSR count). The zero-order valence-electron chi connectivity index (χ0n) is 22.1. The summed E-state index contributed by atoms with van der Waals surface area (Å²) in [7, 11) is -8.68. The van der Waals surface area contributed by atoms with Crippen molar-refractivity contribution in [3.63, 3.8) is 0 Å². The van der Waals surface area contributed by atoms with Crippen LogP contribution < -0.4 is 17.0 Å². The van der Waals surface area contributed by atoms with Crippen molar-refractivity contribution < 1.29 is 41.7 Å². The molecule has 25 heteroatoms. The molecule has 0 radical (unpaired) electrons. The van der Waals surface area contributed by atoms with Crippen molar-refractivity contribution in [1.82, 2.24) is 44.5 Å². The second-order valence-corrected chi connectivity index (χ2v) is 16.7. The van der Waals surface area contributed by atoms with Crippen LogP contribution in [0, 0.1) is 0 Å². The number of ether oxygens (including phenoxy) is 2. The minimum atomic E-state index is -4.37. The molecular formula is C19H26FN11O9P2S2. The van der Waals surface area contributed by atoms with Gasteiger partial charge in [0.1, 0.15) is 0 Å². The summed E-state index contributed by atoms with van der Waals surface area (Å²) < 4.78 is 53.3. The van der Waals surface area contributed by atoms with E-state index >= 15 is 4.39 Å². The number of thiol groups is 2. The summed E-state index contributed by atoms with van der Waals surface area (Å²) in [6.45, 7) is -0.778. The molecule has 3 fully saturated rings. The molecular weight excluding hydrogens is 671 g/mol. The molecule has 0 amide bonds. The summed E-state index contributed by atoms with van der Waals surface area (Å²) in [6.07, 6.45) is -6.37. The van der Waals surface area contributed by atoms with Crippen molar-refractivity contribution in [1.29, 1.82) is 0 Å². The standard InChI is InChI=1S/C19H26FN11O9P2S2/c20-9-12-8(38-18(9)31-14-10(28-29-31)13(21)23-4-24-14)3-36-41(33,43)39-7-1-6(2-35-42(34,44)40-12)37-17(7)30-5-25-11-15(30)26-19(22)27-16(11)32/h4-9,12,17-18,33-34,41-44H,1-3H2,(H2,21,23,24)(H3,22,26,27,32)/t6-,7+,8+,9-,12+,17+,18+/m0/s1. The SMILES string of the molecule is Nc1nc2c(ncn2[C@@H]2O[C@@H]3CO[PH](O)(S)O[C@H]4[C@H](F)[C@H](n5nnc6c(N)ncnc65)O[C@@H]4CO[PH](O)(S)O[C@@H]2C3)c(=O)[nH]1. The molecule has 0 unspecified atom stereocenters. The number of fused-ring (bicyclic) bond motifs is 5. The van der Waals surface area contributed by atoms with E-state index in [1.165, 1.54) is 10.9 Å². The molecule has 0 spiro atoms. The second kappa shape index (κ2) is 11.1. The van der Waals surface area contributed by atoms with E-state index in [4.69, 9.17) is 39.0 Å². The molecule has 0 aromatic carbocycles. The van der Waals surface area contributed by atoms with E-state index in [2.05, 4.69) is 59.7 Å². The summed E-state index contributed by atoms with van der Waals surface area (Å²) in [5, 5.41) is 7.81. The zero-order valence-corrected chi connectivity index (χ0v) is 25.9. The van der Waals surface area contributed by atoms with Gasteiger partial charge < -0.3 is 0 Å². The van der Waals surface area contributed by atoms with Gasteiger partial charge in [-0.1, -0.05) is 0 Å². The Kier molecular flexibility index (Phi) is 7.66. The average Bonchev–Trinajstić information content (AvgIpc) is 3.72. The van der Waals surface area contributed by atoms with E-state index in [0.717, 1.165) is 11.0 Å². The Morgan fingerprint density at radius 1 is 1.00 bits per heavy atom. The Morgan fingerprint density at radius 3 is 2.59 bits per heavy atom. The monoisotopic (exact) mass is 697 g/mol. The van der Waals surface area contributed by atoms with Crippen LogP contribution in [0.1, 0.15) is 18.9 Å². The van der Waals surface area contributed by atoms with Crippen molar-refractivity contribution in [3.05, 3.63) is 23.0 Å². The third-order valence-corrected chi connectivity index (χ3v) is 10.8. The van der Waals surface area contributed by atoms with Crippen LogP contribution in [-0.2, 0) is 27.6 Å². The molecule has 7 heterocycles. The summed E-state index contributed by atoms with van der Waals surface area (Å²) in [6, 6.07) is 0. The molecule has 2 bridgehead atoms. The first-order valence-corrected chi connectivity index (χ1v) is 19.0. The molecule has 3 saturated heterocycles. The van der Waals surface area contributed by atoms with E-state index < -0.39 is 69.5 Å². The summed E-state index contributed by atoms with van der Waals surface area (Å²) >= 11 is 8.44. The number of nitrogens with one attached hydrogen (secondary N) is 1. The summed E-state index contributed by atoms with van der Waals surface area (Å²) in [4.78, 5) is 52.9. The Hall–Kier alpha value is -2.40. The van der Waals surface area contributed by atoms with Gasteiger partial charge in [0.2, 0.25) is 0 Å². The number of H-pyrrole nitrogens is 1. The molecule has 0 saturated carbocycles. The fraction of sp³-hybridized carbons (Fsp3) is 0.526. The van der Waals surface area contributed by atoms with Gasteiger partial charge in [-0.3, -0.25) is 0 Å². The first-order chi connectivity index (χ1) is 20.9. The van der Waals surface area contributed by atoms with Gasteiger partial charge in [-0.15, -0.1) is 0 Å². The van der Waals surface area contributed by atoms with E-state index in [0.29, 0.717) is 0 Å². The molecule has 7 N–H and O–H groups in total. The molecule has 20 nitrogen and oxygen atoms in total. The quantitative estimate of drug-likeness (QED) is 0.103. The average molecular weight is 698 g/mol. The molecule has 7 atom stereocenters. The van der Waals surface area contributed by atoms with E-state index in [-0.39, 0.29) is 47.1 Å². The van der Waals surface area contributed by atoms with Gasteiger partial charge in [0.15, 0.2) is 0 Å². The zero-order chi connectivity index (χ0) is 31.0. The minimum absolute atomic E-state index is 0.00936. The van der Waals surface area contributed by atoms with Gasteiger partial charge in [0.25, 0.3) is 0 Å². The predicted molar refractivity (Wildman–Crippen MR) is 158 cm³/mol. The normalized spacial score (nSPS) is 33.7.